The van der Waals surface area contributed by atoms with Crippen molar-refractivity contribution in [1.29, 1.82) is 0 Å². The van der Waals surface area contributed by atoms with Gasteiger partial charge in [-0.05, 0) is 31.2 Å². The van der Waals surface area contributed by atoms with Crippen LogP contribution in [0, 0.1) is 6.92 Å². The lowest BCUT2D eigenvalue weighted by Crippen LogP contribution is -1.85. The van der Waals surface area contributed by atoms with Gasteiger partial charge in [0.1, 0.15) is 6.33 Å². The highest BCUT2D eigenvalue weighted by Crippen LogP contribution is 2.36. The first-order valence-electron chi connectivity index (χ1n) is 9.40. The highest BCUT2D eigenvalue weighted by Gasteiger charge is 2.15. The Labute approximate surface area is 174 Å². The molecular weight excluding hydrogens is 394 g/mol. The van der Waals surface area contributed by atoms with Crippen LogP contribution in [0.4, 0.5) is 0 Å². The second kappa shape index (κ2) is 6.57. The van der Waals surface area contributed by atoms with Crippen molar-refractivity contribution < 1.29 is 0 Å². The van der Waals surface area contributed by atoms with Crippen molar-refractivity contribution in [3.05, 3.63) is 66.5 Å². The van der Waals surface area contributed by atoms with Crippen molar-refractivity contribution in [1.82, 2.24) is 35.1 Å². The molecule has 0 aliphatic heterocycles. The molecule has 6 aromatic rings. The van der Waals surface area contributed by atoms with E-state index in [2.05, 4.69) is 66.3 Å². The Morgan fingerprint density at radius 2 is 1.77 bits per heavy atom. The van der Waals surface area contributed by atoms with Crippen molar-refractivity contribution in [2.45, 2.75) is 6.92 Å². The summed E-state index contributed by atoms with van der Waals surface area (Å²) in [6.45, 7) is 2.11. The van der Waals surface area contributed by atoms with Crippen LogP contribution in [0.5, 0.6) is 0 Å². The number of pyridine rings is 2. The maximum atomic E-state index is 4.50. The fourth-order valence-electron chi connectivity index (χ4n) is 3.67. The van der Waals surface area contributed by atoms with Crippen LogP contribution in [-0.4, -0.2) is 35.1 Å². The summed E-state index contributed by atoms with van der Waals surface area (Å²) in [6, 6.07) is 8.49. The molecule has 0 saturated carbocycles. The molecule has 0 aliphatic rings. The number of hydrogen-bond acceptors (Lipinski definition) is 6. The van der Waals surface area contributed by atoms with Gasteiger partial charge in [0.15, 0.2) is 5.65 Å². The van der Waals surface area contributed by atoms with Gasteiger partial charge in [-0.2, -0.15) is 5.10 Å². The number of nitrogens with zero attached hydrogens (tertiary/aromatic N) is 5. The maximum Gasteiger partial charge on any atom is 0.181 e. The molecule has 8 heteroatoms. The summed E-state index contributed by atoms with van der Waals surface area (Å²) < 4.78 is 0. The van der Waals surface area contributed by atoms with E-state index < -0.39 is 0 Å². The smallest absolute Gasteiger partial charge is 0.181 e. The molecule has 144 valence electrons. The lowest BCUT2D eigenvalue weighted by atomic mass is 10.1. The molecule has 0 atom stereocenters. The van der Waals surface area contributed by atoms with Gasteiger partial charge < -0.3 is 4.98 Å². The topological polar surface area (TPSA) is 96.0 Å². The van der Waals surface area contributed by atoms with E-state index in [9.17, 15) is 0 Å². The van der Waals surface area contributed by atoms with Gasteiger partial charge in [0.2, 0.25) is 0 Å². The summed E-state index contributed by atoms with van der Waals surface area (Å²) >= 11 is 1.77. The van der Waals surface area contributed by atoms with Crippen molar-refractivity contribution in [3.63, 3.8) is 0 Å². The number of nitrogens with one attached hydrogen (secondary N) is 2. The number of aromatic amines is 2. The predicted octanol–water partition coefficient (Wildman–Crippen LogP) is 5.00. The second-order valence-electron chi connectivity index (χ2n) is 7.06. The fourth-order valence-corrected chi connectivity index (χ4v) is 4.56. The van der Waals surface area contributed by atoms with Crippen molar-refractivity contribution in [2.24, 2.45) is 0 Å². The van der Waals surface area contributed by atoms with Crippen LogP contribution in [0.1, 0.15) is 4.88 Å². The average molecular weight is 409 g/mol. The zero-order valence-corrected chi connectivity index (χ0v) is 16.7. The molecule has 6 heterocycles. The molecule has 0 unspecified atom stereocenters. The summed E-state index contributed by atoms with van der Waals surface area (Å²) in [5.74, 6) is 0. The molecule has 0 bridgehead atoms. The van der Waals surface area contributed by atoms with Gasteiger partial charge in [-0.15, -0.1) is 11.3 Å². The van der Waals surface area contributed by atoms with Gasteiger partial charge in [0.05, 0.1) is 23.1 Å². The largest absolute Gasteiger partial charge is 0.352 e. The molecule has 0 saturated heterocycles. The van der Waals surface area contributed by atoms with Gasteiger partial charge in [0, 0.05) is 62.0 Å². The van der Waals surface area contributed by atoms with Crippen LogP contribution >= 0.6 is 11.3 Å². The molecule has 0 radical (unpaired) electrons. The summed E-state index contributed by atoms with van der Waals surface area (Å²) in [6.07, 6.45) is 10.6. The molecule has 0 spiro atoms. The Bertz CT molecular complexity index is 1510. The first-order chi connectivity index (χ1) is 14.8. The van der Waals surface area contributed by atoms with E-state index in [1.54, 1.807) is 29.9 Å². The molecule has 30 heavy (non-hydrogen) atoms. The van der Waals surface area contributed by atoms with Crippen LogP contribution in [-0.2, 0) is 0 Å². The number of aromatic nitrogens is 7. The molecule has 0 aromatic carbocycles. The van der Waals surface area contributed by atoms with Gasteiger partial charge in [0.25, 0.3) is 0 Å². The lowest BCUT2D eigenvalue weighted by Gasteiger charge is -2.00. The number of thiophene rings is 1. The minimum Gasteiger partial charge on any atom is -0.352 e. The maximum absolute atomic E-state index is 4.50. The Morgan fingerprint density at radius 3 is 2.60 bits per heavy atom. The van der Waals surface area contributed by atoms with Gasteiger partial charge >= 0.3 is 0 Å². The molecular formula is C22H15N7S. The van der Waals surface area contributed by atoms with Crippen LogP contribution in [0.2, 0.25) is 0 Å². The number of fused-ring (bicyclic) bond motifs is 2. The Hall–Kier alpha value is -3.91. The first kappa shape index (κ1) is 17.0. The van der Waals surface area contributed by atoms with Crippen molar-refractivity contribution in [2.75, 3.05) is 0 Å². The predicted molar refractivity (Wildman–Crippen MR) is 118 cm³/mol. The highest BCUT2D eigenvalue weighted by atomic mass is 32.1. The average Bonchev–Trinajstić information content (AvgIpc) is 3.51. The molecule has 2 N–H and O–H groups in total. The molecule has 7 nitrogen and oxygen atoms in total. The van der Waals surface area contributed by atoms with E-state index in [0.29, 0.717) is 5.65 Å². The normalized spacial score (nSPS) is 11.5. The monoisotopic (exact) mass is 409 g/mol. The van der Waals surface area contributed by atoms with E-state index in [1.807, 2.05) is 12.4 Å². The fraction of sp³-hybridized carbons (Fsp3) is 0.0455. The van der Waals surface area contributed by atoms with Crippen molar-refractivity contribution in [3.8, 4) is 33.0 Å². The quantitative estimate of drug-likeness (QED) is 0.429. The first-order valence-corrected chi connectivity index (χ1v) is 10.2. The third kappa shape index (κ3) is 2.69. The Balaban J connectivity index is 1.52. The van der Waals surface area contributed by atoms with Gasteiger partial charge in [-0.3, -0.25) is 10.1 Å². The summed E-state index contributed by atoms with van der Waals surface area (Å²) in [7, 11) is 0. The molecule has 6 aromatic heterocycles. The zero-order chi connectivity index (χ0) is 20.1. The summed E-state index contributed by atoms with van der Waals surface area (Å²) in [5, 5.41) is 9.59. The SMILES string of the molecule is Cc1ccc(-c2cncc3[nH]c(-c4[nH]nc5ncc(-c6cncnc6)cc45)cc23)s1. The van der Waals surface area contributed by atoms with Gasteiger partial charge in [-0.1, -0.05) is 0 Å². The third-order valence-corrected chi connectivity index (χ3v) is 6.16. The zero-order valence-electron chi connectivity index (χ0n) is 15.9. The van der Waals surface area contributed by atoms with E-state index in [0.717, 1.165) is 44.4 Å². The van der Waals surface area contributed by atoms with E-state index in [-0.39, 0.29) is 0 Å². The number of aryl methyl sites for hydroxylation is 1. The minimum atomic E-state index is 0.663. The lowest BCUT2D eigenvalue weighted by molar-refractivity contribution is 1.10. The molecule has 0 amide bonds. The summed E-state index contributed by atoms with van der Waals surface area (Å²) in [5.41, 5.74) is 6.46. The minimum absolute atomic E-state index is 0.663. The third-order valence-electron chi connectivity index (χ3n) is 5.12. The number of rotatable bonds is 3. The summed E-state index contributed by atoms with van der Waals surface area (Å²) in [4.78, 5) is 23.1. The van der Waals surface area contributed by atoms with Crippen molar-refractivity contribution >= 4 is 33.3 Å². The molecule has 0 fully saturated rings. The van der Waals surface area contributed by atoms with Crippen LogP contribution < -0.4 is 0 Å². The van der Waals surface area contributed by atoms with E-state index in [4.69, 9.17) is 0 Å². The van der Waals surface area contributed by atoms with E-state index in [1.165, 1.54) is 16.1 Å². The second-order valence-corrected chi connectivity index (χ2v) is 8.35. The number of hydrogen-bond donors (Lipinski definition) is 2. The Morgan fingerprint density at radius 1 is 0.867 bits per heavy atom. The molecule has 0 aliphatic carbocycles. The van der Waals surface area contributed by atoms with Gasteiger partial charge in [-0.25, -0.2) is 15.0 Å². The van der Waals surface area contributed by atoms with E-state index >= 15 is 0 Å². The Kier molecular flexibility index (Phi) is 3.72. The standard InChI is InChI=1S/C22H15N7S/c1-12-2-3-20(30-12)17-9-23-10-19-15(17)5-18(27-19)21-16-4-13(8-26-22(16)29-28-21)14-6-24-11-25-7-14/h2-11,27H,1H3,(H,26,28,29). The highest BCUT2D eigenvalue weighted by molar-refractivity contribution is 7.15. The van der Waals surface area contributed by atoms with Crippen LogP contribution in [0.3, 0.4) is 0 Å². The van der Waals surface area contributed by atoms with Crippen LogP contribution in [0.25, 0.3) is 54.9 Å². The molecule has 6 rings (SSSR count). The number of H-pyrrole nitrogens is 2. The van der Waals surface area contributed by atoms with Crippen LogP contribution in [0.15, 0.2) is 61.6 Å².